The number of aryl methyl sites for hydroxylation is 1. The maximum absolute atomic E-state index is 7.03. The van der Waals surface area contributed by atoms with Gasteiger partial charge in [0.05, 0.1) is 11.1 Å². The van der Waals surface area contributed by atoms with E-state index in [1.807, 2.05) is 12.3 Å². The van der Waals surface area contributed by atoms with Crippen molar-refractivity contribution in [1.82, 2.24) is 9.55 Å². The average molecular weight is 937 g/mol. The van der Waals surface area contributed by atoms with Gasteiger partial charge in [-0.05, 0) is 102 Å². The summed E-state index contributed by atoms with van der Waals surface area (Å²) in [7, 11) is 0. The molecule has 0 unspecified atom stereocenters. The molecule has 6 aromatic rings. The number of aliphatic imine (C=N–C) groups is 1. The molecule has 0 bridgehead atoms. The van der Waals surface area contributed by atoms with Gasteiger partial charge in [0, 0.05) is 28.5 Å². The van der Waals surface area contributed by atoms with Crippen LogP contribution < -0.4 is 4.74 Å². The minimum absolute atomic E-state index is 0. The average Bonchev–Trinajstić information content (AvgIpc) is 3.72. The maximum atomic E-state index is 7.03. The topological polar surface area (TPSA) is 48.6 Å². The van der Waals surface area contributed by atoms with Crippen LogP contribution in [0, 0.1) is 19.1 Å². The zero-order chi connectivity index (χ0) is 39.7. The van der Waals surface area contributed by atoms with E-state index in [2.05, 4.69) is 154 Å². The van der Waals surface area contributed by atoms with E-state index < -0.39 is 0 Å². The Labute approximate surface area is 353 Å². The summed E-state index contributed by atoms with van der Waals surface area (Å²) in [5, 5.41) is 2.38. The molecule has 6 heteroatoms. The first-order chi connectivity index (χ1) is 26.4. The van der Waals surface area contributed by atoms with Crippen LogP contribution in [-0.4, -0.2) is 26.6 Å². The first kappa shape index (κ1) is 39.6. The summed E-state index contributed by atoms with van der Waals surface area (Å²) in [5.41, 5.74) is 12.9. The molecule has 0 radical (unpaired) electrons. The second-order valence-corrected chi connectivity index (χ2v) is 19.3. The van der Waals surface area contributed by atoms with Gasteiger partial charge in [-0.2, -0.15) is 6.07 Å². The Hall–Kier alpha value is -4.21. The van der Waals surface area contributed by atoms with Crippen LogP contribution in [0.3, 0.4) is 0 Å². The van der Waals surface area contributed by atoms with Crippen molar-refractivity contribution < 1.29 is 30.5 Å². The third-order valence-corrected chi connectivity index (χ3v) is 13.3. The third kappa shape index (κ3) is 6.04. The van der Waals surface area contributed by atoms with Gasteiger partial charge in [0.2, 0.25) is 0 Å². The van der Waals surface area contributed by atoms with E-state index in [1.54, 1.807) is 0 Å². The molecule has 57 heavy (non-hydrogen) atoms. The molecular weight excluding hydrogens is 882 g/mol. The fraction of sp³-hybridized carbons (Fsp3) is 0.412. The van der Waals surface area contributed by atoms with Gasteiger partial charge in [0.25, 0.3) is 0 Å². The van der Waals surface area contributed by atoms with Crippen molar-refractivity contribution in [3.63, 3.8) is 0 Å². The third-order valence-electron chi connectivity index (χ3n) is 13.3. The monoisotopic (exact) mass is 936 g/mol. The molecule has 0 spiro atoms. The number of rotatable bonds is 6. The van der Waals surface area contributed by atoms with Crippen molar-refractivity contribution in [2.75, 3.05) is 0 Å². The van der Waals surface area contributed by atoms with Crippen LogP contribution in [-0.2, 0) is 36.6 Å². The van der Waals surface area contributed by atoms with Crippen molar-refractivity contribution in [2.24, 2.45) is 4.99 Å². The second kappa shape index (κ2) is 13.4. The Balaban J connectivity index is 0.00000455. The molecule has 3 aliphatic rings. The van der Waals surface area contributed by atoms with E-state index >= 15 is 0 Å². The van der Waals surface area contributed by atoms with Crippen molar-refractivity contribution in [1.29, 1.82) is 0 Å². The van der Waals surface area contributed by atoms with Crippen LogP contribution in [0.1, 0.15) is 146 Å². The number of benzene rings is 4. The van der Waals surface area contributed by atoms with Gasteiger partial charge in [-0.3, -0.25) is 4.99 Å². The van der Waals surface area contributed by atoms with E-state index in [9.17, 15) is 0 Å². The molecule has 0 N–H and O–H groups in total. The molecular formula is C51H55N3O2Pt. The van der Waals surface area contributed by atoms with E-state index in [0.717, 1.165) is 52.7 Å². The molecule has 1 saturated carbocycles. The van der Waals surface area contributed by atoms with E-state index in [0.29, 0.717) is 29.2 Å². The molecule has 0 saturated heterocycles. The van der Waals surface area contributed by atoms with Gasteiger partial charge in [-0.25, -0.2) is 4.98 Å². The van der Waals surface area contributed by atoms with Gasteiger partial charge in [0.15, 0.2) is 0 Å². The zero-order valence-electron chi connectivity index (χ0n) is 35.6. The predicted octanol–water partition coefficient (Wildman–Crippen LogP) is 13.2. The predicted molar refractivity (Wildman–Crippen MR) is 230 cm³/mol. The van der Waals surface area contributed by atoms with Crippen LogP contribution in [0.25, 0.3) is 38.8 Å². The summed E-state index contributed by atoms with van der Waals surface area (Å²) in [6, 6.07) is 29.9. The second-order valence-electron chi connectivity index (χ2n) is 19.3. The molecule has 2 aliphatic heterocycles. The van der Waals surface area contributed by atoms with Crippen molar-refractivity contribution in [3.05, 3.63) is 118 Å². The van der Waals surface area contributed by atoms with E-state index in [-0.39, 0.29) is 43.0 Å². The molecule has 2 aromatic heterocycles. The Morgan fingerprint density at radius 2 is 1.56 bits per heavy atom. The Bertz CT molecular complexity index is 2610. The quantitative estimate of drug-likeness (QED) is 0.156. The molecule has 1 fully saturated rings. The van der Waals surface area contributed by atoms with Gasteiger partial charge in [0.1, 0.15) is 17.1 Å². The molecule has 1 aliphatic carbocycles. The van der Waals surface area contributed by atoms with E-state index in [4.69, 9.17) is 19.5 Å². The number of hydrogen-bond acceptors (Lipinski definition) is 4. The first-order valence-corrected chi connectivity index (χ1v) is 20.6. The zero-order valence-corrected chi connectivity index (χ0v) is 37.9. The SMILES string of the molecule is Cc1cc2c([c-]c1Oc1[c-]c(C3=N[C@]4(C)CCC[C@]4(C)O3)cc(-c3c(C(C)C)cccc3C(C)C)c1)-n1c3ncccc3c3cc(C(C)(C)C)cc(c31)C2(C)C.[Pt+2]. The van der Waals surface area contributed by atoms with Crippen LogP contribution in [0.4, 0.5) is 0 Å². The van der Waals surface area contributed by atoms with Gasteiger partial charge in [-0.15, -0.1) is 23.3 Å². The standard InChI is InChI=1S/C51H55N3O2.Pt/c1-29(2)36-16-13-17-37(30(3)4)44(36)32-23-33(47-53-50(11)19-15-20-51(50,12)56-47)25-35(24-32)55-43-28-42-40(22-31(43)5)49(9,10)41-27-34(48(6,7)8)26-39-38-18-14-21-52-46(38)54(42)45(39)41;/h13-14,16-18,21-24,26-27,29-30H,15,19-20H2,1-12H3;/q-2;+2/t50-,51+;/m1./s1. The summed E-state index contributed by atoms with van der Waals surface area (Å²) < 4.78 is 16.2. The van der Waals surface area contributed by atoms with Gasteiger partial charge < -0.3 is 14.0 Å². The molecule has 296 valence electrons. The van der Waals surface area contributed by atoms with Crippen molar-refractivity contribution in [3.8, 4) is 28.3 Å². The van der Waals surface area contributed by atoms with Crippen LogP contribution in [0.15, 0.2) is 71.9 Å². The van der Waals surface area contributed by atoms with E-state index in [1.165, 1.54) is 44.3 Å². The maximum Gasteiger partial charge on any atom is 2.00 e. The largest absolute Gasteiger partial charge is 2.00 e. The Kier molecular flexibility index (Phi) is 9.32. The minimum Gasteiger partial charge on any atom is -0.512 e. The first-order valence-electron chi connectivity index (χ1n) is 20.6. The van der Waals surface area contributed by atoms with Crippen LogP contribution >= 0.6 is 0 Å². The molecule has 4 heterocycles. The van der Waals surface area contributed by atoms with Crippen LogP contribution in [0.2, 0.25) is 0 Å². The van der Waals surface area contributed by atoms with Gasteiger partial charge >= 0.3 is 21.1 Å². The number of aromatic nitrogens is 2. The van der Waals surface area contributed by atoms with Gasteiger partial charge in [-0.1, -0.05) is 122 Å². The fourth-order valence-electron chi connectivity index (χ4n) is 9.69. The number of pyridine rings is 1. The van der Waals surface area contributed by atoms with Crippen molar-refractivity contribution >= 4 is 27.8 Å². The number of ether oxygens (including phenoxy) is 2. The Morgan fingerprint density at radius 3 is 2.23 bits per heavy atom. The van der Waals surface area contributed by atoms with Crippen LogP contribution in [0.5, 0.6) is 11.5 Å². The summed E-state index contributed by atoms with van der Waals surface area (Å²) in [4.78, 5) is 10.3. The normalized spacial score (nSPS) is 20.8. The molecule has 9 rings (SSSR count). The number of hydrogen-bond donors (Lipinski definition) is 0. The molecule has 0 amide bonds. The fourth-order valence-corrected chi connectivity index (χ4v) is 9.69. The molecule has 4 aromatic carbocycles. The summed E-state index contributed by atoms with van der Waals surface area (Å²) in [6.07, 6.45) is 5.02. The minimum atomic E-state index is -0.329. The Morgan fingerprint density at radius 1 is 0.842 bits per heavy atom. The number of fused-ring (bicyclic) bond motifs is 6. The smallest absolute Gasteiger partial charge is 0.512 e. The molecule has 2 atom stereocenters. The molecule has 5 nitrogen and oxygen atoms in total. The summed E-state index contributed by atoms with van der Waals surface area (Å²) in [5.74, 6) is 2.62. The summed E-state index contributed by atoms with van der Waals surface area (Å²) in [6.45, 7) is 27.3. The van der Waals surface area contributed by atoms with Crippen molar-refractivity contribution in [2.45, 2.75) is 136 Å². The summed E-state index contributed by atoms with van der Waals surface area (Å²) >= 11 is 0. The number of nitrogens with zero attached hydrogens (tertiary/aromatic N) is 3.